The Morgan fingerprint density at radius 2 is 1.54 bits per heavy atom. The average Bonchev–Trinajstić information content (AvgIpc) is 2.83. The molecule has 7 nitrogen and oxygen atoms in total. The number of amides is 1. The van der Waals surface area contributed by atoms with Crippen LogP contribution in [0.5, 0.6) is 0 Å². The summed E-state index contributed by atoms with van der Waals surface area (Å²) in [5.74, 6) is -0.415. The van der Waals surface area contributed by atoms with Crippen LogP contribution < -0.4 is 15.6 Å². The SMILES string of the molecule is Cc1ccc(NS(=O)(=O)c2ccc(C)c(C(=O)Nc3ccc(Cn4ccccc4=O)cc3)c2)cc1. The third-order valence-corrected chi connectivity index (χ3v) is 6.91. The minimum absolute atomic E-state index is 0.00234. The van der Waals surface area contributed by atoms with Crippen molar-refractivity contribution in [1.82, 2.24) is 4.57 Å². The van der Waals surface area contributed by atoms with Crippen molar-refractivity contribution in [2.45, 2.75) is 25.3 Å². The summed E-state index contributed by atoms with van der Waals surface area (Å²) < 4.78 is 29.9. The quantitative estimate of drug-likeness (QED) is 0.399. The van der Waals surface area contributed by atoms with Crippen molar-refractivity contribution in [2.75, 3.05) is 10.0 Å². The molecule has 0 unspecified atom stereocenters. The third-order valence-electron chi connectivity index (χ3n) is 5.53. The minimum atomic E-state index is -3.87. The van der Waals surface area contributed by atoms with Gasteiger partial charge in [-0.25, -0.2) is 8.42 Å². The Balaban J connectivity index is 1.49. The Morgan fingerprint density at radius 3 is 2.23 bits per heavy atom. The van der Waals surface area contributed by atoms with E-state index >= 15 is 0 Å². The van der Waals surface area contributed by atoms with E-state index in [1.807, 2.05) is 31.2 Å². The molecule has 0 saturated heterocycles. The largest absolute Gasteiger partial charge is 0.322 e. The first-order chi connectivity index (χ1) is 16.7. The Kier molecular flexibility index (Phi) is 6.84. The molecule has 0 saturated carbocycles. The van der Waals surface area contributed by atoms with Crippen molar-refractivity contribution in [3.05, 3.63) is 124 Å². The number of sulfonamides is 1. The molecule has 0 aliphatic carbocycles. The molecule has 0 atom stereocenters. The Hall–Kier alpha value is -4.17. The summed E-state index contributed by atoms with van der Waals surface area (Å²) in [7, 11) is -3.87. The zero-order chi connectivity index (χ0) is 25.0. The highest BCUT2D eigenvalue weighted by Gasteiger charge is 2.18. The second-order valence-corrected chi connectivity index (χ2v) is 9.95. The first-order valence-corrected chi connectivity index (χ1v) is 12.5. The van der Waals surface area contributed by atoms with Gasteiger partial charge in [-0.2, -0.15) is 0 Å². The lowest BCUT2D eigenvalue weighted by Crippen LogP contribution is -2.18. The normalized spacial score (nSPS) is 11.1. The number of benzene rings is 3. The molecule has 178 valence electrons. The molecular formula is C27H25N3O4S. The van der Waals surface area contributed by atoms with E-state index in [0.29, 0.717) is 23.5 Å². The molecule has 1 aromatic heterocycles. The summed E-state index contributed by atoms with van der Waals surface area (Å²) in [5.41, 5.74) is 3.75. The molecule has 3 aromatic carbocycles. The monoisotopic (exact) mass is 487 g/mol. The Labute approximate surface area is 204 Å². The van der Waals surface area contributed by atoms with E-state index in [1.165, 1.54) is 18.2 Å². The lowest BCUT2D eigenvalue weighted by atomic mass is 10.1. The molecule has 0 aliphatic heterocycles. The second kappa shape index (κ2) is 9.99. The molecule has 4 rings (SSSR count). The van der Waals surface area contributed by atoms with Crippen molar-refractivity contribution in [3.63, 3.8) is 0 Å². The van der Waals surface area contributed by atoms with Crippen LogP contribution in [-0.4, -0.2) is 18.9 Å². The molecular weight excluding hydrogens is 462 g/mol. The Morgan fingerprint density at radius 1 is 0.857 bits per heavy atom. The minimum Gasteiger partial charge on any atom is -0.322 e. The van der Waals surface area contributed by atoms with E-state index < -0.39 is 15.9 Å². The molecule has 1 heterocycles. The van der Waals surface area contributed by atoms with Crippen LogP contribution in [0, 0.1) is 13.8 Å². The van der Waals surface area contributed by atoms with Gasteiger partial charge >= 0.3 is 0 Å². The standard InChI is InChI=1S/C27H25N3O4S/c1-19-6-11-23(12-7-19)29-35(33,34)24-15-8-20(2)25(17-24)27(32)28-22-13-9-21(10-14-22)18-30-16-4-3-5-26(30)31/h3-17,29H,18H2,1-2H3,(H,28,32). The van der Waals surface area contributed by atoms with Gasteiger partial charge < -0.3 is 9.88 Å². The van der Waals surface area contributed by atoms with E-state index in [4.69, 9.17) is 0 Å². The van der Waals surface area contributed by atoms with Gasteiger partial charge in [-0.1, -0.05) is 42.0 Å². The summed E-state index contributed by atoms with van der Waals surface area (Å²) in [4.78, 5) is 24.9. The van der Waals surface area contributed by atoms with Crippen LogP contribution in [0.4, 0.5) is 11.4 Å². The molecule has 0 bridgehead atoms. The van der Waals surface area contributed by atoms with E-state index in [9.17, 15) is 18.0 Å². The van der Waals surface area contributed by atoms with Crippen LogP contribution >= 0.6 is 0 Å². The van der Waals surface area contributed by atoms with Crippen LogP contribution in [0.15, 0.2) is 101 Å². The van der Waals surface area contributed by atoms with Gasteiger partial charge in [-0.3, -0.25) is 14.3 Å². The van der Waals surface area contributed by atoms with Gasteiger partial charge in [0.05, 0.1) is 11.4 Å². The van der Waals surface area contributed by atoms with Crippen molar-refractivity contribution < 1.29 is 13.2 Å². The van der Waals surface area contributed by atoms with E-state index in [1.54, 1.807) is 60.2 Å². The van der Waals surface area contributed by atoms with Crippen molar-refractivity contribution in [3.8, 4) is 0 Å². The number of pyridine rings is 1. The first kappa shape index (κ1) is 24.0. The topological polar surface area (TPSA) is 97.3 Å². The van der Waals surface area contributed by atoms with Crippen molar-refractivity contribution >= 4 is 27.3 Å². The molecule has 0 radical (unpaired) electrons. The summed E-state index contributed by atoms with van der Waals surface area (Å²) in [5, 5.41) is 2.81. The number of aromatic nitrogens is 1. The lowest BCUT2D eigenvalue weighted by Gasteiger charge is -2.12. The number of carbonyl (C=O) groups is 1. The fraction of sp³-hybridized carbons (Fsp3) is 0.111. The molecule has 4 aromatic rings. The van der Waals surface area contributed by atoms with Crippen LogP contribution in [0.25, 0.3) is 0 Å². The fourth-order valence-corrected chi connectivity index (χ4v) is 4.61. The first-order valence-electron chi connectivity index (χ1n) is 11.0. The highest BCUT2D eigenvalue weighted by molar-refractivity contribution is 7.92. The number of anilines is 2. The zero-order valence-corrected chi connectivity index (χ0v) is 20.2. The van der Waals surface area contributed by atoms with Crippen molar-refractivity contribution in [1.29, 1.82) is 0 Å². The third kappa shape index (κ3) is 5.85. The summed E-state index contributed by atoms with van der Waals surface area (Å²) in [6.07, 6.45) is 1.72. The van der Waals surface area contributed by atoms with Gasteiger partial charge in [-0.15, -0.1) is 0 Å². The zero-order valence-electron chi connectivity index (χ0n) is 19.4. The maximum Gasteiger partial charge on any atom is 0.261 e. The van der Waals surface area contributed by atoms with Crippen LogP contribution in [0.1, 0.15) is 27.0 Å². The van der Waals surface area contributed by atoms with Gasteiger partial charge in [0, 0.05) is 29.2 Å². The average molecular weight is 488 g/mol. The number of hydrogen-bond acceptors (Lipinski definition) is 4. The lowest BCUT2D eigenvalue weighted by molar-refractivity contribution is 0.102. The van der Waals surface area contributed by atoms with Crippen LogP contribution in [0.3, 0.4) is 0 Å². The number of aryl methyl sites for hydroxylation is 2. The number of carbonyl (C=O) groups excluding carboxylic acids is 1. The molecule has 8 heteroatoms. The van der Waals surface area contributed by atoms with E-state index in [2.05, 4.69) is 10.0 Å². The predicted molar refractivity (Wildman–Crippen MR) is 137 cm³/mol. The highest BCUT2D eigenvalue weighted by atomic mass is 32.2. The van der Waals surface area contributed by atoms with Gasteiger partial charge in [0.1, 0.15) is 0 Å². The summed E-state index contributed by atoms with van der Waals surface area (Å²) in [6, 6.07) is 23.6. The number of rotatable bonds is 7. The van der Waals surface area contributed by atoms with Gasteiger partial charge in [-0.05, 0) is 67.4 Å². The molecule has 35 heavy (non-hydrogen) atoms. The maximum atomic E-state index is 13.0. The number of nitrogens with one attached hydrogen (secondary N) is 2. The molecule has 0 spiro atoms. The fourth-order valence-electron chi connectivity index (χ4n) is 3.53. The highest BCUT2D eigenvalue weighted by Crippen LogP contribution is 2.21. The molecule has 0 fully saturated rings. The molecule has 0 aliphatic rings. The van der Waals surface area contributed by atoms with Gasteiger partial charge in [0.25, 0.3) is 21.5 Å². The number of hydrogen-bond donors (Lipinski definition) is 2. The smallest absolute Gasteiger partial charge is 0.261 e. The number of nitrogens with zero attached hydrogens (tertiary/aromatic N) is 1. The van der Waals surface area contributed by atoms with Gasteiger partial charge in [0.2, 0.25) is 0 Å². The van der Waals surface area contributed by atoms with Gasteiger partial charge in [0.15, 0.2) is 0 Å². The summed E-state index contributed by atoms with van der Waals surface area (Å²) >= 11 is 0. The van der Waals surface area contributed by atoms with E-state index in [-0.39, 0.29) is 16.0 Å². The predicted octanol–water partition coefficient (Wildman–Crippen LogP) is 4.57. The Bertz CT molecular complexity index is 1520. The summed E-state index contributed by atoms with van der Waals surface area (Å²) in [6.45, 7) is 4.08. The van der Waals surface area contributed by atoms with E-state index in [0.717, 1.165) is 11.1 Å². The van der Waals surface area contributed by atoms with Crippen LogP contribution in [-0.2, 0) is 16.6 Å². The van der Waals surface area contributed by atoms with Crippen molar-refractivity contribution in [2.24, 2.45) is 0 Å². The molecule has 1 amide bonds. The molecule has 2 N–H and O–H groups in total. The van der Waals surface area contributed by atoms with Crippen LogP contribution in [0.2, 0.25) is 0 Å². The second-order valence-electron chi connectivity index (χ2n) is 8.27. The maximum absolute atomic E-state index is 13.0.